The lowest BCUT2D eigenvalue weighted by Gasteiger charge is -2.43. The minimum atomic E-state index is 0.198. The van der Waals surface area contributed by atoms with E-state index in [0.29, 0.717) is 19.1 Å². The maximum atomic E-state index is 12.6. The number of rotatable bonds is 2. The molecule has 0 radical (unpaired) electrons. The van der Waals surface area contributed by atoms with E-state index in [1.54, 1.807) is 0 Å². The van der Waals surface area contributed by atoms with Gasteiger partial charge in [0.1, 0.15) is 0 Å². The van der Waals surface area contributed by atoms with Crippen molar-refractivity contribution < 1.29 is 9.53 Å². The molecule has 3 aliphatic heterocycles. The zero-order chi connectivity index (χ0) is 13.8. The van der Waals surface area contributed by atoms with E-state index in [-0.39, 0.29) is 5.92 Å². The van der Waals surface area contributed by atoms with Crippen molar-refractivity contribution >= 4 is 5.91 Å². The zero-order valence-electron chi connectivity index (χ0n) is 12.4. The largest absolute Gasteiger partial charge is 0.378 e. The van der Waals surface area contributed by atoms with Crippen LogP contribution in [0.5, 0.6) is 0 Å². The van der Waals surface area contributed by atoms with Gasteiger partial charge in [0.2, 0.25) is 5.91 Å². The Morgan fingerprint density at radius 3 is 2.30 bits per heavy atom. The van der Waals surface area contributed by atoms with Crippen LogP contribution in [-0.4, -0.2) is 73.3 Å². The predicted molar refractivity (Wildman–Crippen MR) is 77.1 cm³/mol. The van der Waals surface area contributed by atoms with E-state index in [4.69, 9.17) is 4.74 Å². The van der Waals surface area contributed by atoms with E-state index < -0.39 is 0 Å². The van der Waals surface area contributed by atoms with Gasteiger partial charge in [-0.15, -0.1) is 0 Å². The van der Waals surface area contributed by atoms with Gasteiger partial charge in [-0.05, 0) is 25.7 Å². The number of hydrogen-bond acceptors (Lipinski definition) is 4. The molecule has 0 spiro atoms. The van der Waals surface area contributed by atoms with E-state index in [2.05, 4.69) is 10.0 Å². The van der Waals surface area contributed by atoms with Crippen molar-refractivity contribution in [2.75, 3.05) is 52.5 Å². The third-order valence-corrected chi connectivity index (χ3v) is 4.80. The van der Waals surface area contributed by atoms with Crippen molar-refractivity contribution in [1.82, 2.24) is 14.9 Å². The quantitative estimate of drug-likeness (QED) is 0.755. The molecule has 3 saturated heterocycles. The van der Waals surface area contributed by atoms with E-state index in [1.165, 1.54) is 32.4 Å². The molecule has 1 amide bonds. The first-order valence-electron chi connectivity index (χ1n) is 8.21. The van der Waals surface area contributed by atoms with Crippen molar-refractivity contribution in [2.45, 2.75) is 32.1 Å². The molecule has 0 aliphatic carbocycles. The number of ether oxygens (including phenoxy) is 1. The summed E-state index contributed by atoms with van der Waals surface area (Å²) in [5.41, 5.74) is 0. The standard InChI is InChI=1S/C15H27N3O2/c19-15(16-9-11-20-12-10-16)14-5-4-8-18(13-14)17-6-2-1-3-7-17/h14H,1-13H2. The van der Waals surface area contributed by atoms with Crippen molar-refractivity contribution in [2.24, 2.45) is 5.92 Å². The normalized spacial score (nSPS) is 30.4. The van der Waals surface area contributed by atoms with Gasteiger partial charge in [0, 0.05) is 39.3 Å². The van der Waals surface area contributed by atoms with Crippen LogP contribution in [0.2, 0.25) is 0 Å². The average Bonchev–Trinajstić information content (AvgIpc) is 2.56. The Bertz CT molecular complexity index is 325. The molecular formula is C15H27N3O2. The van der Waals surface area contributed by atoms with Crippen LogP contribution >= 0.6 is 0 Å². The third-order valence-electron chi connectivity index (χ3n) is 4.80. The van der Waals surface area contributed by atoms with E-state index in [0.717, 1.165) is 39.0 Å². The van der Waals surface area contributed by atoms with Gasteiger partial charge in [-0.3, -0.25) is 4.79 Å². The first-order valence-corrected chi connectivity index (χ1v) is 8.21. The molecule has 3 heterocycles. The summed E-state index contributed by atoms with van der Waals surface area (Å²) in [7, 11) is 0. The number of carbonyl (C=O) groups is 1. The molecule has 0 aromatic heterocycles. The van der Waals surface area contributed by atoms with Crippen molar-refractivity contribution in [3.8, 4) is 0 Å². The number of morpholine rings is 1. The van der Waals surface area contributed by atoms with Gasteiger partial charge in [-0.25, -0.2) is 10.0 Å². The van der Waals surface area contributed by atoms with Gasteiger partial charge in [0.05, 0.1) is 19.1 Å². The van der Waals surface area contributed by atoms with Crippen LogP contribution in [0.25, 0.3) is 0 Å². The molecule has 1 atom stereocenters. The molecule has 3 aliphatic rings. The Morgan fingerprint density at radius 2 is 1.55 bits per heavy atom. The average molecular weight is 281 g/mol. The lowest BCUT2D eigenvalue weighted by atomic mass is 9.97. The molecule has 114 valence electrons. The van der Waals surface area contributed by atoms with Gasteiger partial charge in [-0.2, -0.15) is 0 Å². The van der Waals surface area contributed by atoms with Crippen LogP contribution in [0.4, 0.5) is 0 Å². The summed E-state index contributed by atoms with van der Waals surface area (Å²) >= 11 is 0. The van der Waals surface area contributed by atoms with Crippen LogP contribution in [0.1, 0.15) is 32.1 Å². The molecule has 0 bridgehead atoms. The summed E-state index contributed by atoms with van der Waals surface area (Å²) < 4.78 is 5.34. The summed E-state index contributed by atoms with van der Waals surface area (Å²) in [6.07, 6.45) is 6.18. The lowest BCUT2D eigenvalue weighted by Crippen LogP contribution is -2.53. The number of piperidine rings is 2. The third kappa shape index (κ3) is 3.32. The molecule has 0 N–H and O–H groups in total. The van der Waals surface area contributed by atoms with Crippen LogP contribution < -0.4 is 0 Å². The van der Waals surface area contributed by atoms with Crippen molar-refractivity contribution in [1.29, 1.82) is 0 Å². The number of hydrazine groups is 1. The van der Waals surface area contributed by atoms with Gasteiger partial charge in [0.15, 0.2) is 0 Å². The smallest absolute Gasteiger partial charge is 0.227 e. The summed E-state index contributed by atoms with van der Waals surface area (Å²) in [4.78, 5) is 14.6. The fourth-order valence-corrected chi connectivity index (χ4v) is 3.62. The van der Waals surface area contributed by atoms with Crippen molar-refractivity contribution in [3.05, 3.63) is 0 Å². The Labute approximate surface area is 121 Å². The van der Waals surface area contributed by atoms with Gasteiger partial charge in [-0.1, -0.05) is 6.42 Å². The molecule has 3 rings (SSSR count). The predicted octanol–water partition coefficient (Wildman–Crippen LogP) is 0.958. The lowest BCUT2D eigenvalue weighted by molar-refractivity contribution is -0.146. The molecule has 5 heteroatoms. The van der Waals surface area contributed by atoms with Crippen LogP contribution in [0, 0.1) is 5.92 Å². The van der Waals surface area contributed by atoms with E-state index >= 15 is 0 Å². The fourth-order valence-electron chi connectivity index (χ4n) is 3.62. The highest BCUT2D eigenvalue weighted by Gasteiger charge is 2.32. The zero-order valence-corrected chi connectivity index (χ0v) is 12.4. The number of amides is 1. The first kappa shape index (κ1) is 14.3. The second-order valence-electron chi connectivity index (χ2n) is 6.20. The Morgan fingerprint density at radius 1 is 0.850 bits per heavy atom. The molecule has 3 fully saturated rings. The monoisotopic (exact) mass is 281 g/mol. The maximum absolute atomic E-state index is 12.6. The highest BCUT2D eigenvalue weighted by atomic mass is 16.5. The van der Waals surface area contributed by atoms with Crippen LogP contribution in [0.15, 0.2) is 0 Å². The Balaban J connectivity index is 1.55. The van der Waals surface area contributed by atoms with Crippen LogP contribution in [0.3, 0.4) is 0 Å². The molecular weight excluding hydrogens is 254 g/mol. The molecule has 0 saturated carbocycles. The second kappa shape index (κ2) is 6.87. The molecule has 0 aromatic rings. The van der Waals surface area contributed by atoms with Gasteiger partial charge >= 0.3 is 0 Å². The molecule has 20 heavy (non-hydrogen) atoms. The highest BCUT2D eigenvalue weighted by Crippen LogP contribution is 2.22. The number of nitrogens with zero attached hydrogens (tertiary/aromatic N) is 3. The summed E-state index contributed by atoms with van der Waals surface area (Å²) in [5, 5.41) is 4.94. The molecule has 0 aromatic carbocycles. The first-order chi connectivity index (χ1) is 9.84. The topological polar surface area (TPSA) is 36.0 Å². The summed E-state index contributed by atoms with van der Waals surface area (Å²) in [5.74, 6) is 0.554. The number of hydrogen-bond donors (Lipinski definition) is 0. The fraction of sp³-hybridized carbons (Fsp3) is 0.933. The maximum Gasteiger partial charge on any atom is 0.227 e. The second-order valence-corrected chi connectivity index (χ2v) is 6.20. The molecule has 5 nitrogen and oxygen atoms in total. The van der Waals surface area contributed by atoms with Crippen LogP contribution in [-0.2, 0) is 9.53 Å². The minimum Gasteiger partial charge on any atom is -0.378 e. The van der Waals surface area contributed by atoms with Gasteiger partial charge < -0.3 is 9.64 Å². The van der Waals surface area contributed by atoms with E-state index in [1.807, 2.05) is 4.90 Å². The number of carbonyl (C=O) groups excluding carboxylic acids is 1. The highest BCUT2D eigenvalue weighted by molar-refractivity contribution is 5.79. The summed E-state index contributed by atoms with van der Waals surface area (Å²) in [6, 6.07) is 0. The summed E-state index contributed by atoms with van der Waals surface area (Å²) in [6.45, 7) is 7.38. The van der Waals surface area contributed by atoms with Gasteiger partial charge in [0.25, 0.3) is 0 Å². The SMILES string of the molecule is O=C(C1CCCN(N2CCCCC2)C1)N1CCOCC1. The van der Waals surface area contributed by atoms with Crippen molar-refractivity contribution in [3.63, 3.8) is 0 Å². The molecule has 1 unspecified atom stereocenters. The van der Waals surface area contributed by atoms with E-state index in [9.17, 15) is 4.79 Å². The Hall–Kier alpha value is -0.650. The minimum absolute atomic E-state index is 0.198. The Kier molecular flexibility index (Phi) is 4.91.